The number of aryl methyl sites for hydroxylation is 2. The molecule has 1 aliphatic rings. The van der Waals surface area contributed by atoms with E-state index < -0.39 is 5.97 Å². The molecule has 2 rings (SSSR count). The third kappa shape index (κ3) is 9.84. The number of benzene rings is 1. The van der Waals surface area contributed by atoms with E-state index in [0.717, 1.165) is 30.9 Å². The molecule has 0 spiro atoms. The summed E-state index contributed by atoms with van der Waals surface area (Å²) in [6.07, 6.45) is 22.3. The number of carbonyl (C=O) groups excluding carboxylic acids is 1. The molecule has 0 radical (unpaired) electrons. The number of allylic oxidation sites excluding steroid dienone is 1. The van der Waals surface area contributed by atoms with Crippen LogP contribution in [0.15, 0.2) is 29.8 Å². The van der Waals surface area contributed by atoms with Gasteiger partial charge >= 0.3 is 5.97 Å². The maximum Gasteiger partial charge on any atom is 0.328 e. The van der Waals surface area contributed by atoms with Crippen molar-refractivity contribution in [2.45, 2.75) is 116 Å². The molecule has 0 amide bonds. The van der Waals surface area contributed by atoms with Crippen LogP contribution in [0.3, 0.4) is 0 Å². The van der Waals surface area contributed by atoms with Gasteiger partial charge in [0.2, 0.25) is 0 Å². The Morgan fingerprint density at radius 1 is 0.839 bits per heavy atom. The number of hydrogen-bond acceptors (Lipinski definition) is 2. The van der Waals surface area contributed by atoms with Crippen molar-refractivity contribution in [3.63, 3.8) is 0 Å². The summed E-state index contributed by atoms with van der Waals surface area (Å²) >= 11 is 0. The summed E-state index contributed by atoms with van der Waals surface area (Å²) in [4.78, 5) is 23.5. The molecule has 3 nitrogen and oxygen atoms in total. The van der Waals surface area contributed by atoms with Gasteiger partial charge in [-0.1, -0.05) is 103 Å². The zero-order valence-corrected chi connectivity index (χ0v) is 19.6. The zero-order valence-electron chi connectivity index (χ0n) is 19.6. The number of aliphatic carboxylic acids is 1. The van der Waals surface area contributed by atoms with Gasteiger partial charge in [-0.25, -0.2) is 4.79 Å². The summed E-state index contributed by atoms with van der Waals surface area (Å²) in [6.45, 7) is 2.27. The van der Waals surface area contributed by atoms with Crippen LogP contribution in [0.1, 0.15) is 125 Å². The van der Waals surface area contributed by atoms with Crippen LogP contribution in [-0.2, 0) is 17.6 Å². The highest BCUT2D eigenvalue weighted by Gasteiger charge is 2.22. The second-order valence-corrected chi connectivity index (χ2v) is 9.17. The average Bonchev–Trinajstić information content (AvgIpc) is 2.76. The molecular formula is C28H42O3. The number of Topliss-reactive ketones (excluding diaryl/α,β-unsaturated/α-hetero) is 1. The van der Waals surface area contributed by atoms with Crippen LogP contribution in [0, 0.1) is 0 Å². The predicted molar refractivity (Wildman–Crippen MR) is 129 cm³/mol. The Kier molecular flexibility index (Phi) is 12.3. The molecule has 0 bridgehead atoms. The Hall–Kier alpha value is -1.90. The van der Waals surface area contributed by atoms with E-state index >= 15 is 0 Å². The average molecular weight is 427 g/mol. The molecular weight excluding hydrogens is 384 g/mol. The highest BCUT2D eigenvalue weighted by atomic mass is 16.4. The molecule has 1 aromatic rings. The van der Waals surface area contributed by atoms with Gasteiger partial charge in [-0.3, -0.25) is 4.79 Å². The number of carboxylic acid groups (broad SMARTS) is 1. The van der Waals surface area contributed by atoms with Crippen LogP contribution >= 0.6 is 0 Å². The quantitative estimate of drug-likeness (QED) is 0.216. The number of carboxylic acids is 1. The number of carbonyl (C=O) groups is 2. The van der Waals surface area contributed by atoms with Crippen LogP contribution in [0.2, 0.25) is 0 Å². The van der Waals surface area contributed by atoms with Gasteiger partial charge in [0.15, 0.2) is 5.78 Å². The van der Waals surface area contributed by atoms with Gasteiger partial charge in [-0.05, 0) is 42.9 Å². The van der Waals surface area contributed by atoms with Crippen LogP contribution in [0.25, 0.3) is 0 Å². The number of rotatable bonds is 16. The molecule has 0 heterocycles. The lowest BCUT2D eigenvalue weighted by molar-refractivity contribution is -0.131. The number of unbranched alkanes of at least 4 members (excludes halogenated alkanes) is 13. The van der Waals surface area contributed by atoms with E-state index in [1.807, 2.05) is 6.07 Å². The Labute approximate surface area is 189 Å². The van der Waals surface area contributed by atoms with Gasteiger partial charge in [0.05, 0.1) is 0 Å². The summed E-state index contributed by atoms with van der Waals surface area (Å²) in [5.74, 6) is -1.14. The maximum absolute atomic E-state index is 12.6. The molecule has 0 aliphatic heterocycles. The first kappa shape index (κ1) is 25.4. The van der Waals surface area contributed by atoms with E-state index in [1.165, 1.54) is 89.0 Å². The van der Waals surface area contributed by atoms with E-state index in [-0.39, 0.29) is 5.78 Å². The second kappa shape index (κ2) is 15.0. The van der Waals surface area contributed by atoms with E-state index in [0.29, 0.717) is 17.6 Å². The van der Waals surface area contributed by atoms with Crippen molar-refractivity contribution >= 4 is 11.8 Å². The highest BCUT2D eigenvalue weighted by Crippen LogP contribution is 2.26. The predicted octanol–water partition coefficient (Wildman–Crippen LogP) is 7.85. The highest BCUT2D eigenvalue weighted by molar-refractivity contribution is 6.12. The van der Waals surface area contributed by atoms with Gasteiger partial charge in [0.25, 0.3) is 0 Å². The molecule has 31 heavy (non-hydrogen) atoms. The third-order valence-corrected chi connectivity index (χ3v) is 6.49. The van der Waals surface area contributed by atoms with Crippen molar-refractivity contribution in [3.8, 4) is 0 Å². The third-order valence-electron chi connectivity index (χ3n) is 6.49. The van der Waals surface area contributed by atoms with Crippen LogP contribution < -0.4 is 0 Å². The monoisotopic (exact) mass is 426 g/mol. The fourth-order valence-corrected chi connectivity index (χ4v) is 4.57. The normalized spacial score (nSPS) is 14.7. The SMILES string of the molecule is CCCCCCCCCCCCCCCCc1ccc2c(c1)C(=O)C(=CC(=O)O)CC2. The van der Waals surface area contributed by atoms with Crippen LogP contribution in [0.5, 0.6) is 0 Å². The minimum absolute atomic E-state index is 0.105. The molecule has 1 aliphatic carbocycles. The standard InChI is InChI=1S/C28H42O3/c1-2-3-4-5-6-7-8-9-10-11-12-13-14-15-16-23-17-18-24-19-20-25(22-27(29)30)28(31)26(24)21-23/h17-18,21-22H,2-16,19-20H2,1H3,(H,29,30). The fraction of sp³-hybridized carbons (Fsp3) is 0.643. The molecule has 1 N–H and O–H groups in total. The lowest BCUT2D eigenvalue weighted by atomic mass is 9.85. The molecule has 0 fully saturated rings. The first-order valence-corrected chi connectivity index (χ1v) is 12.7. The second-order valence-electron chi connectivity index (χ2n) is 9.17. The summed E-state index contributed by atoms with van der Waals surface area (Å²) in [5.41, 5.74) is 3.38. The molecule has 3 heteroatoms. The number of fused-ring (bicyclic) bond motifs is 1. The topological polar surface area (TPSA) is 54.4 Å². The van der Waals surface area contributed by atoms with Crippen molar-refractivity contribution in [2.24, 2.45) is 0 Å². The smallest absolute Gasteiger partial charge is 0.328 e. The van der Waals surface area contributed by atoms with Crippen molar-refractivity contribution in [1.29, 1.82) is 0 Å². The number of hydrogen-bond donors (Lipinski definition) is 1. The molecule has 1 aromatic carbocycles. The Morgan fingerprint density at radius 2 is 1.39 bits per heavy atom. The molecule has 0 saturated heterocycles. The van der Waals surface area contributed by atoms with Crippen molar-refractivity contribution in [1.82, 2.24) is 0 Å². The molecule has 0 saturated carbocycles. The lowest BCUT2D eigenvalue weighted by Gasteiger charge is -2.18. The van der Waals surface area contributed by atoms with E-state index in [1.54, 1.807) is 0 Å². The zero-order chi connectivity index (χ0) is 22.3. The minimum atomic E-state index is -1.04. The van der Waals surface area contributed by atoms with Gasteiger partial charge in [0, 0.05) is 17.2 Å². The van der Waals surface area contributed by atoms with E-state index in [4.69, 9.17) is 5.11 Å². The fourth-order valence-electron chi connectivity index (χ4n) is 4.57. The Balaban J connectivity index is 1.55. The Bertz CT molecular complexity index is 717. The van der Waals surface area contributed by atoms with E-state index in [2.05, 4.69) is 19.1 Å². The minimum Gasteiger partial charge on any atom is -0.478 e. The Morgan fingerprint density at radius 3 is 1.94 bits per heavy atom. The van der Waals surface area contributed by atoms with Gasteiger partial charge in [0.1, 0.15) is 0 Å². The summed E-state index contributed by atoms with van der Waals surface area (Å²) in [6, 6.07) is 6.19. The van der Waals surface area contributed by atoms with Crippen LogP contribution in [0.4, 0.5) is 0 Å². The lowest BCUT2D eigenvalue weighted by Crippen LogP contribution is -2.15. The maximum atomic E-state index is 12.6. The van der Waals surface area contributed by atoms with Crippen molar-refractivity contribution in [3.05, 3.63) is 46.5 Å². The summed E-state index contributed by atoms with van der Waals surface area (Å²) in [7, 11) is 0. The van der Waals surface area contributed by atoms with Crippen LogP contribution in [-0.4, -0.2) is 16.9 Å². The first-order chi connectivity index (χ1) is 15.1. The molecule has 172 valence electrons. The molecule has 0 aromatic heterocycles. The first-order valence-electron chi connectivity index (χ1n) is 12.7. The number of ketones is 1. The summed E-state index contributed by atoms with van der Waals surface area (Å²) in [5, 5.41) is 8.95. The summed E-state index contributed by atoms with van der Waals surface area (Å²) < 4.78 is 0. The van der Waals surface area contributed by atoms with Gasteiger partial charge < -0.3 is 5.11 Å². The van der Waals surface area contributed by atoms with Crippen molar-refractivity contribution < 1.29 is 14.7 Å². The van der Waals surface area contributed by atoms with Crippen molar-refractivity contribution in [2.75, 3.05) is 0 Å². The van der Waals surface area contributed by atoms with Gasteiger partial charge in [-0.15, -0.1) is 0 Å². The van der Waals surface area contributed by atoms with Gasteiger partial charge in [-0.2, -0.15) is 0 Å². The van der Waals surface area contributed by atoms with E-state index in [9.17, 15) is 9.59 Å². The molecule has 0 atom stereocenters. The largest absolute Gasteiger partial charge is 0.478 e. The molecule has 0 unspecified atom stereocenters.